The highest BCUT2D eigenvalue weighted by Crippen LogP contribution is 2.38. The van der Waals surface area contributed by atoms with Crippen molar-refractivity contribution in [3.05, 3.63) is 111 Å². The van der Waals surface area contributed by atoms with E-state index in [1.165, 1.54) is 23.5 Å². The zero-order valence-electron chi connectivity index (χ0n) is 20.6. The highest BCUT2D eigenvalue weighted by Gasteiger charge is 2.39. The van der Waals surface area contributed by atoms with Crippen molar-refractivity contribution in [2.45, 2.75) is 26.1 Å². The van der Waals surface area contributed by atoms with Crippen LogP contribution >= 0.6 is 11.3 Å². The Hall–Kier alpha value is -4.95. The fourth-order valence-corrected chi connectivity index (χ4v) is 4.95. The number of amides is 3. The van der Waals surface area contributed by atoms with Gasteiger partial charge in [0, 0.05) is 23.1 Å². The maximum atomic E-state index is 13.5. The predicted molar refractivity (Wildman–Crippen MR) is 141 cm³/mol. The summed E-state index contributed by atoms with van der Waals surface area (Å²) in [6, 6.07) is 15.5. The summed E-state index contributed by atoms with van der Waals surface area (Å²) in [5.74, 6) is -1.88. The number of thiophene rings is 1. The summed E-state index contributed by atoms with van der Waals surface area (Å²) in [5, 5.41) is 16.7. The summed E-state index contributed by atoms with van der Waals surface area (Å²) in [5.41, 5.74) is 2.55. The fraction of sp³-hybridized carbons (Fsp3) is 0.143. The van der Waals surface area contributed by atoms with Crippen molar-refractivity contribution in [1.29, 1.82) is 5.26 Å². The van der Waals surface area contributed by atoms with E-state index in [-0.39, 0.29) is 29.7 Å². The molecule has 11 heteroatoms. The van der Waals surface area contributed by atoms with Crippen molar-refractivity contribution in [2.24, 2.45) is 0 Å². The number of carbonyl (C=O) groups is 3. The molecule has 4 aromatic rings. The van der Waals surface area contributed by atoms with Gasteiger partial charge in [0.15, 0.2) is 0 Å². The second kappa shape index (κ2) is 10.8. The monoisotopic (exact) mass is 540 g/mol. The number of aromatic nitrogens is 2. The second-order valence-corrected chi connectivity index (χ2v) is 9.88. The minimum absolute atomic E-state index is 0.0369. The van der Waals surface area contributed by atoms with Crippen molar-refractivity contribution in [1.82, 2.24) is 20.6 Å². The van der Waals surface area contributed by atoms with Gasteiger partial charge >= 0.3 is 0 Å². The molecule has 3 amide bonds. The Morgan fingerprint density at radius 3 is 2.62 bits per heavy atom. The van der Waals surface area contributed by atoms with Crippen LogP contribution < -0.4 is 15.5 Å². The first-order chi connectivity index (χ1) is 18.8. The number of nitrogens with one attached hydrogen (secondary N) is 2. The van der Waals surface area contributed by atoms with E-state index in [0.29, 0.717) is 34.5 Å². The van der Waals surface area contributed by atoms with Crippen molar-refractivity contribution in [3.63, 3.8) is 0 Å². The van der Waals surface area contributed by atoms with E-state index < -0.39 is 17.9 Å². The van der Waals surface area contributed by atoms with Crippen LogP contribution in [0.2, 0.25) is 0 Å². The molecule has 0 aliphatic carbocycles. The van der Waals surface area contributed by atoms with Crippen molar-refractivity contribution >= 4 is 34.7 Å². The van der Waals surface area contributed by atoms with Crippen LogP contribution in [-0.4, -0.2) is 27.7 Å². The number of nitriles is 1. The van der Waals surface area contributed by atoms with E-state index in [1.54, 1.807) is 42.2 Å². The van der Waals surface area contributed by atoms with Gasteiger partial charge < -0.3 is 15.5 Å². The van der Waals surface area contributed by atoms with Crippen LogP contribution in [0, 0.1) is 24.1 Å². The molecule has 2 N–H and O–H groups in total. The van der Waals surface area contributed by atoms with Crippen LogP contribution in [0.15, 0.2) is 66.3 Å². The molecule has 9 nitrogen and oxygen atoms in total. The van der Waals surface area contributed by atoms with E-state index in [0.717, 1.165) is 11.2 Å². The molecule has 5 rings (SSSR count). The van der Waals surface area contributed by atoms with Gasteiger partial charge in [-0.1, -0.05) is 24.3 Å². The van der Waals surface area contributed by atoms with E-state index in [1.807, 2.05) is 17.5 Å². The average Bonchev–Trinajstić information content (AvgIpc) is 3.56. The summed E-state index contributed by atoms with van der Waals surface area (Å²) in [6.45, 7) is 2.08. The Morgan fingerprint density at radius 1 is 1.10 bits per heavy atom. The Labute approximate surface area is 226 Å². The smallest absolute Gasteiger partial charge is 0.270 e. The highest BCUT2D eigenvalue weighted by molar-refractivity contribution is 7.09. The van der Waals surface area contributed by atoms with Gasteiger partial charge in [-0.15, -0.1) is 11.3 Å². The molecule has 1 aliphatic rings. The summed E-state index contributed by atoms with van der Waals surface area (Å²) < 4.78 is 13.5. The number of anilines is 1. The lowest BCUT2D eigenvalue weighted by Crippen LogP contribution is -2.37. The molecule has 39 heavy (non-hydrogen) atoms. The molecule has 0 fully saturated rings. The molecular formula is C28H21FN6O3S. The zero-order chi connectivity index (χ0) is 27.5. The lowest BCUT2D eigenvalue weighted by molar-refractivity contribution is -0.119. The standard InChI is InChI=1S/C28H21FN6O3S/c1-16-9-18(5-7-21(16)29)13-31-26(36)22-11-23(33-15-32-22)27(37)34-25-20-6-4-17(12-30)10-24(20)35(28(25)38)14-19-3-2-8-39-19/h2-11,15,25H,13-14H2,1H3,(H,31,36)(H,34,37)/t25-/m0/s1. The number of fused-ring (bicyclic) bond motifs is 1. The van der Waals surface area contributed by atoms with Gasteiger partial charge in [0.25, 0.3) is 17.7 Å². The normalized spacial score (nSPS) is 14.0. The minimum Gasteiger partial charge on any atom is -0.347 e. The van der Waals surface area contributed by atoms with Gasteiger partial charge in [0.2, 0.25) is 0 Å². The van der Waals surface area contributed by atoms with Crippen molar-refractivity contribution in [2.75, 3.05) is 4.90 Å². The number of rotatable bonds is 7. The van der Waals surface area contributed by atoms with E-state index in [9.17, 15) is 24.0 Å². The maximum Gasteiger partial charge on any atom is 0.270 e. The Balaban J connectivity index is 1.32. The quantitative estimate of drug-likeness (QED) is 0.367. The number of benzene rings is 2. The minimum atomic E-state index is -0.992. The van der Waals surface area contributed by atoms with Crippen LogP contribution in [0.25, 0.3) is 0 Å². The van der Waals surface area contributed by atoms with Crippen LogP contribution in [0.3, 0.4) is 0 Å². The average molecular weight is 541 g/mol. The van der Waals surface area contributed by atoms with Crippen molar-refractivity contribution in [3.8, 4) is 6.07 Å². The number of nitrogens with zero attached hydrogens (tertiary/aromatic N) is 4. The summed E-state index contributed by atoms with van der Waals surface area (Å²) >= 11 is 1.50. The van der Waals surface area contributed by atoms with E-state index in [2.05, 4.69) is 26.7 Å². The van der Waals surface area contributed by atoms with Crippen LogP contribution in [0.4, 0.5) is 10.1 Å². The van der Waals surface area contributed by atoms with Crippen molar-refractivity contribution < 1.29 is 18.8 Å². The molecule has 0 bridgehead atoms. The number of aryl methyl sites for hydroxylation is 1. The molecule has 3 heterocycles. The first kappa shape index (κ1) is 25.7. The Kier molecular flexibility index (Phi) is 7.12. The van der Waals surface area contributed by atoms with Crippen LogP contribution in [0.5, 0.6) is 0 Å². The third kappa shape index (κ3) is 5.37. The molecule has 0 saturated heterocycles. The van der Waals surface area contributed by atoms with Gasteiger partial charge in [-0.3, -0.25) is 14.4 Å². The molecular weight excluding hydrogens is 519 g/mol. The highest BCUT2D eigenvalue weighted by atomic mass is 32.1. The lowest BCUT2D eigenvalue weighted by atomic mass is 10.1. The second-order valence-electron chi connectivity index (χ2n) is 8.85. The molecule has 0 saturated carbocycles. The third-order valence-corrected chi connectivity index (χ3v) is 7.11. The lowest BCUT2D eigenvalue weighted by Gasteiger charge is -2.17. The topological polar surface area (TPSA) is 128 Å². The molecule has 2 aromatic carbocycles. The molecule has 0 radical (unpaired) electrons. The number of carbonyl (C=O) groups excluding carboxylic acids is 3. The first-order valence-electron chi connectivity index (χ1n) is 11.9. The van der Waals surface area contributed by atoms with E-state index >= 15 is 0 Å². The summed E-state index contributed by atoms with van der Waals surface area (Å²) in [6.07, 6.45) is 1.10. The predicted octanol–water partition coefficient (Wildman–Crippen LogP) is 3.81. The fourth-order valence-electron chi connectivity index (χ4n) is 4.26. The Bertz CT molecular complexity index is 1630. The molecule has 0 unspecified atom stereocenters. The van der Waals surface area contributed by atoms with Crippen LogP contribution in [-0.2, 0) is 17.9 Å². The molecule has 0 spiro atoms. The van der Waals surface area contributed by atoms with E-state index in [4.69, 9.17) is 0 Å². The van der Waals surface area contributed by atoms with Gasteiger partial charge in [-0.2, -0.15) is 5.26 Å². The Morgan fingerprint density at radius 2 is 1.90 bits per heavy atom. The summed E-state index contributed by atoms with van der Waals surface area (Å²) in [7, 11) is 0. The van der Waals surface area contributed by atoms with Gasteiger partial charge in [0.05, 0.1) is 23.9 Å². The first-order valence-corrected chi connectivity index (χ1v) is 12.8. The molecule has 1 atom stereocenters. The third-order valence-electron chi connectivity index (χ3n) is 6.25. The van der Waals surface area contributed by atoms with Gasteiger partial charge in [-0.25, -0.2) is 14.4 Å². The van der Waals surface area contributed by atoms with Gasteiger partial charge in [-0.05, 0) is 47.7 Å². The van der Waals surface area contributed by atoms with Gasteiger partial charge in [0.1, 0.15) is 29.6 Å². The number of halogens is 1. The SMILES string of the molecule is Cc1cc(CNC(=O)c2cc(C(=O)N[C@@H]3C(=O)N(Cc4cccs4)c4cc(C#N)ccc43)ncn2)ccc1F. The maximum absolute atomic E-state index is 13.5. The largest absolute Gasteiger partial charge is 0.347 e. The van der Waals surface area contributed by atoms with Crippen LogP contribution in [0.1, 0.15) is 54.1 Å². The summed E-state index contributed by atoms with van der Waals surface area (Å²) in [4.78, 5) is 49.6. The molecule has 1 aliphatic heterocycles. The molecule has 2 aromatic heterocycles. The number of hydrogen-bond donors (Lipinski definition) is 2. The molecule has 194 valence electrons. The zero-order valence-corrected chi connectivity index (χ0v) is 21.5. The number of hydrogen-bond acceptors (Lipinski definition) is 7.